The highest BCUT2D eigenvalue weighted by atomic mass is 35.5. The number of ether oxygens (including phenoxy) is 1. The highest BCUT2D eigenvalue weighted by Gasteiger charge is 2.20. The Bertz CT molecular complexity index is 1230. The van der Waals surface area contributed by atoms with E-state index in [2.05, 4.69) is 15.6 Å². The van der Waals surface area contributed by atoms with E-state index in [4.69, 9.17) is 16.3 Å². The maximum absolute atomic E-state index is 12.7. The summed E-state index contributed by atoms with van der Waals surface area (Å²) in [5.41, 5.74) is 4.82. The fourth-order valence-electron chi connectivity index (χ4n) is 2.67. The minimum Gasteiger partial charge on any atom is -0.490 e. The van der Waals surface area contributed by atoms with Gasteiger partial charge < -0.3 is 4.74 Å². The number of hydrazine groups is 1. The predicted octanol–water partition coefficient (Wildman–Crippen LogP) is 4.06. The quantitative estimate of drug-likeness (QED) is 0.429. The number of benzene rings is 2. The number of carbonyl (C=O) groups excluding carboxylic acids is 2. The molecule has 0 spiro atoms. The summed E-state index contributed by atoms with van der Waals surface area (Å²) < 4.78 is 33.2. The second-order valence-corrected chi connectivity index (χ2v) is 10.1. The van der Waals surface area contributed by atoms with Gasteiger partial charge in [0.1, 0.15) is 9.96 Å². The summed E-state index contributed by atoms with van der Waals surface area (Å²) in [6.45, 7) is 3.62. The lowest BCUT2D eigenvalue weighted by Crippen LogP contribution is -2.42. The molecule has 0 aliphatic rings. The molecule has 2 amide bonds. The van der Waals surface area contributed by atoms with E-state index in [9.17, 15) is 18.0 Å². The largest absolute Gasteiger partial charge is 0.490 e. The average molecular weight is 494 g/mol. The summed E-state index contributed by atoms with van der Waals surface area (Å²) in [4.78, 5) is 25.3. The summed E-state index contributed by atoms with van der Waals surface area (Å²) in [6.07, 6.45) is -0.180. The van der Waals surface area contributed by atoms with Crippen molar-refractivity contribution >= 4 is 50.5 Å². The van der Waals surface area contributed by atoms with Crippen LogP contribution in [0.3, 0.4) is 0 Å². The van der Waals surface area contributed by atoms with Crippen LogP contribution in [0.2, 0.25) is 5.02 Å². The van der Waals surface area contributed by atoms with Gasteiger partial charge in [-0.05, 0) is 55.6 Å². The molecule has 3 N–H and O–H groups in total. The van der Waals surface area contributed by atoms with Gasteiger partial charge in [0.25, 0.3) is 21.8 Å². The first-order chi connectivity index (χ1) is 15.2. The molecule has 32 heavy (non-hydrogen) atoms. The van der Waals surface area contributed by atoms with Crippen LogP contribution in [-0.2, 0) is 10.0 Å². The molecule has 0 aliphatic heterocycles. The molecule has 11 heteroatoms. The van der Waals surface area contributed by atoms with Gasteiger partial charge in [0.15, 0.2) is 0 Å². The lowest BCUT2D eigenvalue weighted by Gasteiger charge is -2.15. The van der Waals surface area contributed by atoms with Gasteiger partial charge >= 0.3 is 0 Å². The van der Waals surface area contributed by atoms with E-state index in [1.165, 1.54) is 24.3 Å². The number of para-hydroxylation sites is 1. The number of anilines is 1. The molecule has 0 bridgehead atoms. The summed E-state index contributed by atoms with van der Waals surface area (Å²) in [5.74, 6) is -1.05. The molecule has 3 aromatic rings. The van der Waals surface area contributed by atoms with Gasteiger partial charge in [0.2, 0.25) is 0 Å². The minimum atomic E-state index is -3.85. The van der Waals surface area contributed by atoms with Crippen molar-refractivity contribution in [1.82, 2.24) is 10.9 Å². The SMILES string of the molecule is CC(C)Oc1ccc(Cl)cc1C(=O)NNC(=O)c1ccccc1NS(=O)(=O)c1cccs1. The number of nitrogens with one attached hydrogen (secondary N) is 3. The molecule has 0 saturated heterocycles. The normalized spacial score (nSPS) is 11.1. The van der Waals surface area contributed by atoms with Crippen molar-refractivity contribution in [2.75, 3.05) is 4.72 Å². The topological polar surface area (TPSA) is 114 Å². The Kier molecular flexibility index (Phi) is 7.39. The van der Waals surface area contributed by atoms with E-state index >= 15 is 0 Å². The first kappa shape index (κ1) is 23.6. The highest BCUT2D eigenvalue weighted by Crippen LogP contribution is 2.25. The van der Waals surface area contributed by atoms with Crippen molar-refractivity contribution in [3.63, 3.8) is 0 Å². The zero-order valence-electron chi connectivity index (χ0n) is 17.1. The number of hydrogen-bond acceptors (Lipinski definition) is 6. The summed E-state index contributed by atoms with van der Waals surface area (Å²) in [5, 5.41) is 1.96. The number of amides is 2. The Morgan fingerprint density at radius 3 is 2.31 bits per heavy atom. The first-order valence-electron chi connectivity index (χ1n) is 9.39. The first-order valence-corrected chi connectivity index (χ1v) is 12.1. The fraction of sp³-hybridized carbons (Fsp3) is 0.143. The zero-order valence-corrected chi connectivity index (χ0v) is 19.5. The van der Waals surface area contributed by atoms with E-state index in [1.807, 2.05) is 13.8 Å². The Morgan fingerprint density at radius 2 is 1.66 bits per heavy atom. The lowest BCUT2D eigenvalue weighted by molar-refractivity contribution is 0.0843. The van der Waals surface area contributed by atoms with Crippen LogP contribution in [0.5, 0.6) is 5.75 Å². The molecule has 1 heterocycles. The minimum absolute atomic E-state index is 0.0256. The van der Waals surface area contributed by atoms with Crippen molar-refractivity contribution in [3.05, 3.63) is 76.1 Å². The van der Waals surface area contributed by atoms with E-state index in [1.54, 1.807) is 35.7 Å². The Labute approximate surface area is 194 Å². The summed E-state index contributed by atoms with van der Waals surface area (Å²) >= 11 is 7.04. The van der Waals surface area contributed by atoms with Crippen molar-refractivity contribution in [2.45, 2.75) is 24.2 Å². The molecule has 0 unspecified atom stereocenters. The molecule has 0 atom stereocenters. The van der Waals surface area contributed by atoms with Crippen molar-refractivity contribution < 1.29 is 22.7 Å². The van der Waals surface area contributed by atoms with Crippen LogP contribution in [0.4, 0.5) is 5.69 Å². The van der Waals surface area contributed by atoms with Gasteiger partial charge in [-0.1, -0.05) is 29.8 Å². The third-order valence-corrected chi connectivity index (χ3v) is 7.01. The molecule has 0 radical (unpaired) electrons. The van der Waals surface area contributed by atoms with Crippen LogP contribution < -0.4 is 20.3 Å². The lowest BCUT2D eigenvalue weighted by atomic mass is 10.1. The number of sulfonamides is 1. The molecule has 0 fully saturated rings. The molecule has 0 saturated carbocycles. The number of halogens is 1. The van der Waals surface area contributed by atoms with E-state index in [0.717, 1.165) is 11.3 Å². The number of thiophene rings is 1. The molecular weight excluding hydrogens is 474 g/mol. The fourth-order valence-corrected chi connectivity index (χ4v) is 4.91. The molecule has 3 rings (SSSR count). The molecule has 2 aromatic carbocycles. The maximum atomic E-state index is 12.7. The van der Waals surface area contributed by atoms with Crippen LogP contribution in [0, 0.1) is 0 Å². The molecule has 0 aliphatic carbocycles. The van der Waals surface area contributed by atoms with E-state index < -0.39 is 21.8 Å². The molecular formula is C21H20ClN3O5S2. The van der Waals surface area contributed by atoms with Crippen LogP contribution in [0.25, 0.3) is 0 Å². The third kappa shape index (κ3) is 5.78. The third-order valence-electron chi connectivity index (χ3n) is 4.01. The monoisotopic (exact) mass is 493 g/mol. The highest BCUT2D eigenvalue weighted by molar-refractivity contribution is 7.94. The summed E-state index contributed by atoms with van der Waals surface area (Å²) in [6, 6.07) is 13.7. The number of rotatable bonds is 7. The summed E-state index contributed by atoms with van der Waals surface area (Å²) in [7, 11) is -3.85. The van der Waals surface area contributed by atoms with Crippen molar-refractivity contribution in [3.8, 4) is 5.75 Å². The van der Waals surface area contributed by atoms with Crippen molar-refractivity contribution in [2.24, 2.45) is 0 Å². The standard InChI is InChI=1S/C21H20ClN3O5S2/c1-13(2)30-18-10-9-14(22)12-16(18)21(27)24-23-20(26)15-6-3-4-7-17(15)25-32(28,29)19-8-5-11-31-19/h3-13,25H,1-2H3,(H,23,26)(H,24,27). The molecule has 168 valence electrons. The van der Waals surface area contributed by atoms with Crippen LogP contribution in [0.15, 0.2) is 64.2 Å². The van der Waals surface area contributed by atoms with Gasteiger partial charge in [-0.25, -0.2) is 8.42 Å². The van der Waals surface area contributed by atoms with Crippen molar-refractivity contribution in [1.29, 1.82) is 0 Å². The van der Waals surface area contributed by atoms with Gasteiger partial charge in [-0.2, -0.15) is 0 Å². The van der Waals surface area contributed by atoms with Gasteiger partial charge in [-0.15, -0.1) is 11.3 Å². The second kappa shape index (κ2) is 10.0. The van der Waals surface area contributed by atoms with Crippen LogP contribution >= 0.6 is 22.9 Å². The molecule has 1 aromatic heterocycles. The van der Waals surface area contributed by atoms with E-state index in [0.29, 0.717) is 10.8 Å². The Morgan fingerprint density at radius 1 is 0.969 bits per heavy atom. The van der Waals surface area contributed by atoms with Crippen LogP contribution in [-0.4, -0.2) is 26.3 Å². The van der Waals surface area contributed by atoms with Gasteiger partial charge in [-0.3, -0.25) is 25.2 Å². The molecule has 8 nitrogen and oxygen atoms in total. The van der Waals surface area contributed by atoms with Crippen LogP contribution in [0.1, 0.15) is 34.6 Å². The number of carbonyl (C=O) groups is 2. The van der Waals surface area contributed by atoms with Gasteiger partial charge in [0, 0.05) is 5.02 Å². The average Bonchev–Trinajstić information content (AvgIpc) is 3.29. The van der Waals surface area contributed by atoms with Gasteiger partial charge in [0.05, 0.1) is 22.9 Å². The zero-order chi connectivity index (χ0) is 23.3. The smallest absolute Gasteiger partial charge is 0.273 e. The number of hydrogen-bond donors (Lipinski definition) is 3. The Hall–Kier alpha value is -3.08. The Balaban J connectivity index is 1.75. The predicted molar refractivity (Wildman–Crippen MR) is 124 cm³/mol. The van der Waals surface area contributed by atoms with E-state index in [-0.39, 0.29) is 27.1 Å². The maximum Gasteiger partial charge on any atom is 0.273 e. The second-order valence-electron chi connectivity index (χ2n) is 6.80.